The molecule has 1 nitrogen and oxygen atoms in total. The van der Waals surface area contributed by atoms with Crippen molar-refractivity contribution >= 4 is 24.0 Å². The molecule has 106 valence electrons. The molecule has 1 aliphatic rings. The molecule has 4 heteroatoms. The minimum Gasteiger partial charge on any atom is -0.313 e. The molecule has 3 rings (SSSR count). The van der Waals surface area contributed by atoms with Crippen LogP contribution in [-0.2, 0) is 0 Å². The second-order valence-corrected chi connectivity index (χ2v) is 5.34. The standard InChI is InChI=1S/C16H15ClFN.ClH/c1-19-16-9-13(11-4-2-3-5-12(11)16)10-6-7-15(18)14(17)8-10;/h2-8,13,16,19H,9H2,1H3;1H/t13-,16+;/m1./s1. The van der Waals surface area contributed by atoms with Crippen LogP contribution >= 0.6 is 24.0 Å². The van der Waals surface area contributed by atoms with E-state index in [-0.39, 0.29) is 29.2 Å². The van der Waals surface area contributed by atoms with Gasteiger partial charge in [0.05, 0.1) is 5.02 Å². The van der Waals surface area contributed by atoms with Crippen LogP contribution in [0.5, 0.6) is 0 Å². The fourth-order valence-electron chi connectivity index (χ4n) is 2.95. The van der Waals surface area contributed by atoms with Crippen LogP contribution in [0.3, 0.4) is 0 Å². The number of hydrogen-bond donors (Lipinski definition) is 1. The minimum atomic E-state index is -0.359. The summed E-state index contributed by atoms with van der Waals surface area (Å²) in [7, 11) is 1.97. The molecule has 0 unspecified atom stereocenters. The first-order valence-corrected chi connectivity index (χ1v) is 6.79. The Hall–Kier alpha value is -1.09. The van der Waals surface area contributed by atoms with E-state index in [0.717, 1.165) is 12.0 Å². The lowest BCUT2D eigenvalue weighted by atomic mass is 9.93. The molecule has 1 N–H and O–H groups in total. The van der Waals surface area contributed by atoms with Crippen LogP contribution in [-0.4, -0.2) is 7.05 Å². The molecule has 0 spiro atoms. The maximum Gasteiger partial charge on any atom is 0.141 e. The van der Waals surface area contributed by atoms with Crippen molar-refractivity contribution in [1.29, 1.82) is 0 Å². The maximum absolute atomic E-state index is 13.3. The number of rotatable bonds is 2. The van der Waals surface area contributed by atoms with Gasteiger partial charge in [-0.05, 0) is 42.3 Å². The molecule has 0 bridgehead atoms. The van der Waals surface area contributed by atoms with Crippen molar-refractivity contribution in [2.45, 2.75) is 18.4 Å². The number of halogens is 3. The third kappa shape index (κ3) is 2.56. The van der Waals surface area contributed by atoms with E-state index in [1.807, 2.05) is 13.1 Å². The highest BCUT2D eigenvalue weighted by atomic mass is 35.5. The molecule has 0 saturated carbocycles. The van der Waals surface area contributed by atoms with Crippen LogP contribution in [0.4, 0.5) is 4.39 Å². The quantitative estimate of drug-likeness (QED) is 0.848. The highest BCUT2D eigenvalue weighted by molar-refractivity contribution is 6.30. The van der Waals surface area contributed by atoms with Crippen molar-refractivity contribution < 1.29 is 4.39 Å². The minimum absolute atomic E-state index is 0. The van der Waals surface area contributed by atoms with Gasteiger partial charge < -0.3 is 5.32 Å². The van der Waals surface area contributed by atoms with Crippen LogP contribution in [0.2, 0.25) is 5.02 Å². The SMILES string of the molecule is CN[C@H]1C[C@H](c2ccc(F)c(Cl)c2)c2ccccc21.Cl. The third-order valence-electron chi connectivity index (χ3n) is 3.91. The summed E-state index contributed by atoms with van der Waals surface area (Å²) in [6, 6.07) is 13.8. The lowest BCUT2D eigenvalue weighted by Gasteiger charge is -2.13. The van der Waals surface area contributed by atoms with E-state index < -0.39 is 0 Å². The lowest BCUT2D eigenvalue weighted by molar-refractivity contribution is 0.563. The van der Waals surface area contributed by atoms with Gasteiger partial charge >= 0.3 is 0 Å². The van der Waals surface area contributed by atoms with E-state index in [1.54, 1.807) is 6.07 Å². The van der Waals surface area contributed by atoms with Gasteiger partial charge in [0.25, 0.3) is 0 Å². The van der Waals surface area contributed by atoms with Crippen molar-refractivity contribution in [3.05, 3.63) is 70.0 Å². The Morgan fingerprint density at radius 1 is 1.15 bits per heavy atom. The molecule has 0 radical (unpaired) electrons. The zero-order valence-electron chi connectivity index (χ0n) is 11.1. The van der Waals surface area contributed by atoms with Crippen molar-refractivity contribution in [1.82, 2.24) is 5.32 Å². The van der Waals surface area contributed by atoms with E-state index in [2.05, 4.69) is 29.6 Å². The summed E-state index contributed by atoms with van der Waals surface area (Å²) >= 11 is 5.90. The monoisotopic (exact) mass is 311 g/mol. The van der Waals surface area contributed by atoms with Crippen LogP contribution in [0.25, 0.3) is 0 Å². The van der Waals surface area contributed by atoms with Gasteiger partial charge in [-0.1, -0.05) is 41.9 Å². The second-order valence-electron chi connectivity index (χ2n) is 4.93. The van der Waals surface area contributed by atoms with Gasteiger partial charge in [0.2, 0.25) is 0 Å². The number of fused-ring (bicyclic) bond motifs is 1. The van der Waals surface area contributed by atoms with Crippen molar-refractivity contribution in [2.75, 3.05) is 7.05 Å². The molecule has 2 aromatic carbocycles. The normalized spacial score (nSPS) is 20.4. The van der Waals surface area contributed by atoms with E-state index in [4.69, 9.17) is 11.6 Å². The fraction of sp³-hybridized carbons (Fsp3) is 0.250. The average Bonchev–Trinajstić information content (AvgIpc) is 2.81. The van der Waals surface area contributed by atoms with Gasteiger partial charge in [-0.25, -0.2) is 4.39 Å². The fourth-order valence-corrected chi connectivity index (χ4v) is 3.14. The first-order valence-electron chi connectivity index (χ1n) is 6.41. The van der Waals surface area contributed by atoms with Crippen molar-refractivity contribution in [3.8, 4) is 0 Å². The summed E-state index contributed by atoms with van der Waals surface area (Å²) in [6.45, 7) is 0. The van der Waals surface area contributed by atoms with Gasteiger partial charge in [0.15, 0.2) is 0 Å². The summed E-state index contributed by atoms with van der Waals surface area (Å²) in [5.74, 6) is -0.0754. The Morgan fingerprint density at radius 3 is 2.50 bits per heavy atom. The number of hydrogen-bond acceptors (Lipinski definition) is 1. The molecular weight excluding hydrogens is 296 g/mol. The first kappa shape index (κ1) is 15.3. The van der Waals surface area contributed by atoms with Crippen LogP contribution in [0.15, 0.2) is 42.5 Å². The molecular formula is C16H16Cl2FN. The van der Waals surface area contributed by atoms with Crippen LogP contribution in [0, 0.1) is 5.82 Å². The predicted octanol–water partition coefficient (Wildman–Crippen LogP) is 4.70. The second kappa shape index (κ2) is 6.13. The molecule has 0 heterocycles. The molecule has 1 aliphatic carbocycles. The third-order valence-corrected chi connectivity index (χ3v) is 4.20. The van der Waals surface area contributed by atoms with E-state index in [0.29, 0.717) is 6.04 Å². The Bertz CT molecular complexity index is 615. The van der Waals surface area contributed by atoms with E-state index in [9.17, 15) is 4.39 Å². The lowest BCUT2D eigenvalue weighted by Crippen LogP contribution is -2.13. The van der Waals surface area contributed by atoms with Gasteiger partial charge in [-0.2, -0.15) is 0 Å². The molecule has 0 saturated heterocycles. The Labute approximate surface area is 129 Å². The molecule has 0 aromatic heterocycles. The Balaban J connectivity index is 0.00000147. The van der Waals surface area contributed by atoms with E-state index >= 15 is 0 Å². The van der Waals surface area contributed by atoms with Gasteiger partial charge in [0.1, 0.15) is 5.82 Å². The van der Waals surface area contributed by atoms with Crippen LogP contribution < -0.4 is 5.32 Å². The topological polar surface area (TPSA) is 12.0 Å². The first-order chi connectivity index (χ1) is 9.20. The summed E-state index contributed by atoms with van der Waals surface area (Å²) in [5.41, 5.74) is 3.72. The largest absolute Gasteiger partial charge is 0.313 e. The molecule has 2 atom stereocenters. The molecule has 20 heavy (non-hydrogen) atoms. The molecule has 0 amide bonds. The predicted molar refractivity (Wildman–Crippen MR) is 83.4 cm³/mol. The highest BCUT2D eigenvalue weighted by Crippen LogP contribution is 2.44. The average molecular weight is 312 g/mol. The summed E-state index contributed by atoms with van der Waals surface area (Å²) in [4.78, 5) is 0. The Kier molecular flexibility index (Phi) is 4.69. The molecule has 2 aromatic rings. The number of nitrogens with one attached hydrogen (secondary N) is 1. The van der Waals surface area contributed by atoms with Gasteiger partial charge in [-0.15, -0.1) is 12.4 Å². The highest BCUT2D eigenvalue weighted by Gasteiger charge is 2.30. The van der Waals surface area contributed by atoms with E-state index in [1.165, 1.54) is 17.2 Å². The zero-order chi connectivity index (χ0) is 13.4. The van der Waals surface area contributed by atoms with Crippen molar-refractivity contribution in [2.24, 2.45) is 0 Å². The Morgan fingerprint density at radius 2 is 1.85 bits per heavy atom. The summed E-state index contributed by atoms with van der Waals surface area (Å²) in [6.07, 6.45) is 0.984. The molecule has 0 fully saturated rings. The number of benzene rings is 2. The smallest absolute Gasteiger partial charge is 0.141 e. The zero-order valence-corrected chi connectivity index (χ0v) is 12.6. The summed E-state index contributed by atoms with van der Waals surface area (Å²) < 4.78 is 13.3. The van der Waals surface area contributed by atoms with Gasteiger partial charge in [-0.3, -0.25) is 0 Å². The summed E-state index contributed by atoms with van der Waals surface area (Å²) in [5, 5.41) is 3.54. The maximum atomic E-state index is 13.3. The molecule has 0 aliphatic heterocycles. The van der Waals surface area contributed by atoms with Crippen molar-refractivity contribution in [3.63, 3.8) is 0 Å². The van der Waals surface area contributed by atoms with Crippen LogP contribution in [0.1, 0.15) is 35.1 Å². The van der Waals surface area contributed by atoms with Gasteiger partial charge in [0, 0.05) is 12.0 Å².